The van der Waals surface area contributed by atoms with Gasteiger partial charge in [0.1, 0.15) is 12.2 Å². The van der Waals surface area contributed by atoms with Crippen LogP contribution in [0.25, 0.3) is 0 Å². The fourth-order valence-corrected chi connectivity index (χ4v) is 2.40. The zero-order valence-corrected chi connectivity index (χ0v) is 12.6. The van der Waals surface area contributed by atoms with Gasteiger partial charge in [-0.25, -0.2) is 4.79 Å². The molecule has 2 aromatic rings. The minimum absolute atomic E-state index is 0.0261. The van der Waals surface area contributed by atoms with Crippen LogP contribution >= 0.6 is 27.5 Å². The number of nitrogen functional groups attached to an aromatic ring is 1. The number of ether oxygens (including phenoxy) is 1. The van der Waals surface area contributed by atoms with Crippen molar-refractivity contribution in [1.82, 2.24) is 0 Å². The molecule has 4 nitrogen and oxygen atoms in total. The molecular weight excluding hydrogens is 346 g/mol. The van der Waals surface area contributed by atoms with Crippen molar-refractivity contribution in [2.45, 2.75) is 6.61 Å². The summed E-state index contributed by atoms with van der Waals surface area (Å²) >= 11 is 9.39. The first-order valence-corrected chi connectivity index (χ1v) is 6.84. The fraction of sp³-hybridized carbons (Fsp3) is 0.0714. The van der Waals surface area contributed by atoms with Crippen molar-refractivity contribution in [3.05, 3.63) is 57.0 Å². The molecule has 0 aliphatic carbocycles. The first-order valence-electron chi connectivity index (χ1n) is 5.67. The SMILES string of the molecule is Nc1cccc(C(=O)O)c1OCc1ccc(Br)cc1Cl. The molecule has 0 amide bonds. The van der Waals surface area contributed by atoms with Crippen LogP contribution in [0.3, 0.4) is 0 Å². The molecule has 0 heterocycles. The zero-order valence-electron chi connectivity index (χ0n) is 10.3. The van der Waals surface area contributed by atoms with Crippen LogP contribution in [0.5, 0.6) is 5.75 Å². The van der Waals surface area contributed by atoms with Crippen LogP contribution < -0.4 is 10.5 Å². The van der Waals surface area contributed by atoms with Gasteiger partial charge in [0.15, 0.2) is 5.75 Å². The van der Waals surface area contributed by atoms with Gasteiger partial charge in [-0.15, -0.1) is 0 Å². The van der Waals surface area contributed by atoms with Crippen molar-refractivity contribution in [2.75, 3.05) is 5.73 Å². The minimum Gasteiger partial charge on any atom is -0.486 e. The molecule has 104 valence electrons. The largest absolute Gasteiger partial charge is 0.486 e. The third kappa shape index (κ3) is 3.23. The Balaban J connectivity index is 2.25. The Bertz CT molecular complexity index is 661. The van der Waals surface area contributed by atoms with Gasteiger partial charge in [0, 0.05) is 15.1 Å². The predicted octanol–water partition coefficient (Wildman–Crippen LogP) is 3.96. The summed E-state index contributed by atoms with van der Waals surface area (Å²) in [6.45, 7) is 0.139. The summed E-state index contributed by atoms with van der Waals surface area (Å²) in [6, 6.07) is 9.97. The van der Waals surface area contributed by atoms with Gasteiger partial charge in [-0.2, -0.15) is 0 Å². The van der Waals surface area contributed by atoms with E-state index in [1.54, 1.807) is 24.3 Å². The van der Waals surface area contributed by atoms with Crippen molar-refractivity contribution >= 4 is 39.2 Å². The number of halogens is 2. The van der Waals surface area contributed by atoms with Crippen molar-refractivity contribution in [2.24, 2.45) is 0 Å². The van der Waals surface area contributed by atoms with Crippen LogP contribution in [-0.2, 0) is 6.61 Å². The summed E-state index contributed by atoms with van der Waals surface area (Å²) in [5.41, 5.74) is 6.80. The van der Waals surface area contributed by atoms with Gasteiger partial charge in [-0.3, -0.25) is 0 Å². The summed E-state index contributed by atoms with van der Waals surface area (Å²) in [6.07, 6.45) is 0. The molecule has 2 rings (SSSR count). The van der Waals surface area contributed by atoms with E-state index in [0.29, 0.717) is 5.02 Å². The number of aromatic carboxylic acids is 1. The number of anilines is 1. The van der Waals surface area contributed by atoms with E-state index in [4.69, 9.17) is 27.2 Å². The molecule has 0 aromatic heterocycles. The van der Waals surface area contributed by atoms with Crippen LogP contribution in [0.2, 0.25) is 5.02 Å². The average Bonchev–Trinajstić information content (AvgIpc) is 2.38. The van der Waals surface area contributed by atoms with E-state index in [-0.39, 0.29) is 23.6 Å². The van der Waals surface area contributed by atoms with Crippen LogP contribution in [0, 0.1) is 0 Å². The van der Waals surface area contributed by atoms with E-state index in [1.807, 2.05) is 6.07 Å². The van der Waals surface area contributed by atoms with Crippen molar-refractivity contribution in [3.63, 3.8) is 0 Å². The third-order valence-electron chi connectivity index (χ3n) is 2.66. The third-order valence-corrected chi connectivity index (χ3v) is 3.51. The molecule has 0 unspecified atom stereocenters. The highest BCUT2D eigenvalue weighted by atomic mass is 79.9. The highest BCUT2D eigenvalue weighted by molar-refractivity contribution is 9.10. The maximum Gasteiger partial charge on any atom is 0.339 e. The lowest BCUT2D eigenvalue weighted by molar-refractivity contribution is 0.0692. The van der Waals surface area contributed by atoms with Gasteiger partial charge in [0.25, 0.3) is 0 Å². The highest BCUT2D eigenvalue weighted by Gasteiger charge is 2.14. The fourth-order valence-electron chi connectivity index (χ4n) is 1.67. The maximum absolute atomic E-state index is 11.1. The summed E-state index contributed by atoms with van der Waals surface area (Å²) in [4.78, 5) is 11.1. The molecule has 2 aromatic carbocycles. The number of carboxylic acids is 1. The Kier molecular flexibility index (Phi) is 4.52. The van der Waals surface area contributed by atoms with E-state index in [1.165, 1.54) is 6.07 Å². The van der Waals surface area contributed by atoms with E-state index in [2.05, 4.69) is 15.9 Å². The first-order chi connectivity index (χ1) is 9.49. The molecule has 0 bridgehead atoms. The Morgan fingerprint density at radius 3 is 2.75 bits per heavy atom. The number of hydrogen-bond donors (Lipinski definition) is 2. The lowest BCUT2D eigenvalue weighted by Gasteiger charge is -2.12. The standard InChI is InChI=1S/C14H11BrClNO3/c15-9-5-4-8(11(16)6-9)7-20-13-10(14(18)19)2-1-3-12(13)17/h1-6H,7,17H2,(H,18,19). The summed E-state index contributed by atoms with van der Waals surface area (Å²) in [5, 5.41) is 9.64. The normalized spacial score (nSPS) is 10.3. The lowest BCUT2D eigenvalue weighted by Crippen LogP contribution is -2.06. The number of rotatable bonds is 4. The van der Waals surface area contributed by atoms with Gasteiger partial charge in [-0.1, -0.05) is 39.7 Å². The van der Waals surface area contributed by atoms with Gasteiger partial charge in [0.05, 0.1) is 5.69 Å². The van der Waals surface area contributed by atoms with E-state index >= 15 is 0 Å². The van der Waals surface area contributed by atoms with Crippen molar-refractivity contribution in [3.8, 4) is 5.75 Å². The molecule has 20 heavy (non-hydrogen) atoms. The maximum atomic E-state index is 11.1. The van der Waals surface area contributed by atoms with Crippen LogP contribution in [0.1, 0.15) is 15.9 Å². The van der Waals surface area contributed by atoms with E-state index in [9.17, 15) is 4.79 Å². The topological polar surface area (TPSA) is 72.6 Å². The summed E-state index contributed by atoms with van der Waals surface area (Å²) in [7, 11) is 0. The monoisotopic (exact) mass is 355 g/mol. The highest BCUT2D eigenvalue weighted by Crippen LogP contribution is 2.29. The Morgan fingerprint density at radius 2 is 2.10 bits per heavy atom. The molecule has 6 heteroatoms. The Labute approximate surface area is 129 Å². The summed E-state index contributed by atoms with van der Waals surface area (Å²) < 4.78 is 6.39. The predicted molar refractivity (Wildman–Crippen MR) is 81.3 cm³/mol. The first kappa shape index (κ1) is 14.7. The van der Waals surface area contributed by atoms with Gasteiger partial charge < -0.3 is 15.6 Å². The smallest absolute Gasteiger partial charge is 0.339 e. The molecule has 3 N–H and O–H groups in total. The quantitative estimate of drug-likeness (QED) is 0.813. The van der Waals surface area contributed by atoms with Gasteiger partial charge in [-0.05, 0) is 24.3 Å². The zero-order chi connectivity index (χ0) is 14.7. The van der Waals surface area contributed by atoms with Gasteiger partial charge >= 0.3 is 5.97 Å². The number of nitrogens with two attached hydrogens (primary N) is 1. The van der Waals surface area contributed by atoms with E-state index in [0.717, 1.165) is 10.0 Å². The van der Waals surface area contributed by atoms with Crippen LogP contribution in [0.4, 0.5) is 5.69 Å². The average molecular weight is 357 g/mol. The molecule has 0 saturated heterocycles. The number of carboxylic acid groups (broad SMARTS) is 1. The molecule has 0 radical (unpaired) electrons. The Morgan fingerprint density at radius 1 is 1.35 bits per heavy atom. The second-order valence-electron chi connectivity index (χ2n) is 4.05. The number of benzene rings is 2. The lowest BCUT2D eigenvalue weighted by atomic mass is 10.1. The molecule has 0 atom stereocenters. The number of para-hydroxylation sites is 1. The molecule has 0 fully saturated rings. The second kappa shape index (κ2) is 6.15. The van der Waals surface area contributed by atoms with Crippen molar-refractivity contribution in [1.29, 1.82) is 0 Å². The summed E-state index contributed by atoms with van der Waals surface area (Å²) in [5.74, 6) is -0.937. The molecule has 0 aliphatic heterocycles. The van der Waals surface area contributed by atoms with Gasteiger partial charge in [0.2, 0.25) is 0 Å². The molecule has 0 saturated carbocycles. The number of hydrogen-bond acceptors (Lipinski definition) is 3. The van der Waals surface area contributed by atoms with E-state index < -0.39 is 5.97 Å². The number of carbonyl (C=O) groups is 1. The molecular formula is C14H11BrClNO3. The molecule has 0 spiro atoms. The minimum atomic E-state index is -1.09. The Hall–Kier alpha value is -1.72. The molecule has 0 aliphatic rings. The van der Waals surface area contributed by atoms with Crippen LogP contribution in [-0.4, -0.2) is 11.1 Å². The second-order valence-corrected chi connectivity index (χ2v) is 5.38. The van der Waals surface area contributed by atoms with Crippen LogP contribution in [0.15, 0.2) is 40.9 Å². The van der Waals surface area contributed by atoms with Crippen molar-refractivity contribution < 1.29 is 14.6 Å².